The molecule has 2 unspecified atom stereocenters. The van der Waals surface area contributed by atoms with Gasteiger partial charge in [0.05, 0.1) is 19.1 Å². The van der Waals surface area contributed by atoms with E-state index in [0.29, 0.717) is 18.8 Å². The van der Waals surface area contributed by atoms with Crippen LogP contribution in [0.25, 0.3) is 0 Å². The molecule has 0 amide bonds. The molecule has 1 N–H and O–H groups in total. The molecule has 0 radical (unpaired) electrons. The number of carbonyl (C=O) groups is 1. The third kappa shape index (κ3) is 3.57. The summed E-state index contributed by atoms with van der Waals surface area (Å²) in [6, 6.07) is 5.58. The second-order valence-corrected chi connectivity index (χ2v) is 5.14. The van der Waals surface area contributed by atoms with Crippen molar-refractivity contribution < 1.29 is 14.6 Å². The molecule has 1 aromatic heterocycles. The van der Waals surface area contributed by atoms with E-state index in [9.17, 15) is 9.90 Å². The van der Waals surface area contributed by atoms with Gasteiger partial charge in [0.2, 0.25) is 0 Å². The number of ether oxygens (including phenoxy) is 1. The Bertz CT molecular complexity index is 541. The zero-order valence-electron chi connectivity index (χ0n) is 12.0. The van der Waals surface area contributed by atoms with Crippen molar-refractivity contribution in [1.82, 2.24) is 9.88 Å². The number of aliphatic carboxylic acids is 1. The van der Waals surface area contributed by atoms with Crippen LogP contribution in [-0.4, -0.2) is 46.8 Å². The Hall–Kier alpha value is -1.97. The fourth-order valence-corrected chi connectivity index (χ4v) is 2.67. The Morgan fingerprint density at radius 1 is 1.62 bits per heavy atom. The van der Waals surface area contributed by atoms with Gasteiger partial charge in [-0.3, -0.25) is 9.69 Å². The zero-order chi connectivity index (χ0) is 15.2. The molecule has 2 atom stereocenters. The summed E-state index contributed by atoms with van der Waals surface area (Å²) in [7, 11) is 0. The van der Waals surface area contributed by atoms with Gasteiger partial charge in [0.25, 0.3) is 0 Å². The normalized spacial score (nSPS) is 21.4. The van der Waals surface area contributed by atoms with Crippen molar-refractivity contribution in [2.45, 2.75) is 25.9 Å². The fraction of sp³-hybridized carbons (Fsp3) is 0.533. The molecule has 1 saturated heterocycles. The molecule has 0 spiro atoms. The van der Waals surface area contributed by atoms with Crippen LogP contribution in [0.5, 0.6) is 0 Å². The summed E-state index contributed by atoms with van der Waals surface area (Å²) in [6.07, 6.45) is 2.50. The van der Waals surface area contributed by atoms with E-state index in [1.54, 1.807) is 12.3 Å². The molecule has 1 aliphatic heterocycles. The van der Waals surface area contributed by atoms with Gasteiger partial charge >= 0.3 is 5.97 Å². The van der Waals surface area contributed by atoms with Crippen LogP contribution in [-0.2, 0) is 16.1 Å². The summed E-state index contributed by atoms with van der Waals surface area (Å²) in [4.78, 5) is 17.5. The molecule has 1 fully saturated rings. The highest BCUT2D eigenvalue weighted by Crippen LogP contribution is 2.23. The predicted molar refractivity (Wildman–Crippen MR) is 75.4 cm³/mol. The molecular formula is C15H19N3O3. The third-order valence-electron chi connectivity index (χ3n) is 3.72. The summed E-state index contributed by atoms with van der Waals surface area (Å²) in [5.74, 6) is -1.34. The van der Waals surface area contributed by atoms with E-state index in [0.717, 1.165) is 18.5 Å². The highest BCUT2D eigenvalue weighted by atomic mass is 16.5. The smallest absolute Gasteiger partial charge is 0.310 e. The minimum atomic E-state index is -0.828. The quantitative estimate of drug-likeness (QED) is 0.848. The van der Waals surface area contributed by atoms with Crippen LogP contribution in [0.2, 0.25) is 0 Å². The van der Waals surface area contributed by atoms with Crippen LogP contribution in [0, 0.1) is 17.2 Å². The van der Waals surface area contributed by atoms with Crippen LogP contribution in [0.15, 0.2) is 18.3 Å². The van der Waals surface area contributed by atoms with Crippen molar-refractivity contribution in [3.63, 3.8) is 0 Å². The van der Waals surface area contributed by atoms with Gasteiger partial charge in [0, 0.05) is 24.3 Å². The number of hydrogen-bond acceptors (Lipinski definition) is 5. The Kier molecular flexibility index (Phi) is 5.26. The van der Waals surface area contributed by atoms with Gasteiger partial charge in [-0.2, -0.15) is 5.26 Å². The molecule has 0 aliphatic carbocycles. The number of nitriles is 1. The maximum Gasteiger partial charge on any atom is 0.310 e. The van der Waals surface area contributed by atoms with Crippen LogP contribution in [0.1, 0.15) is 24.6 Å². The molecule has 112 valence electrons. The maximum atomic E-state index is 11.3. The lowest BCUT2D eigenvalue weighted by Gasteiger charge is -2.30. The van der Waals surface area contributed by atoms with E-state index < -0.39 is 11.9 Å². The molecule has 2 rings (SSSR count). The molecule has 1 aromatic rings. The lowest BCUT2D eigenvalue weighted by molar-refractivity contribution is -0.143. The molecular weight excluding hydrogens is 270 g/mol. The summed E-state index contributed by atoms with van der Waals surface area (Å²) >= 11 is 0. The molecule has 21 heavy (non-hydrogen) atoms. The van der Waals surface area contributed by atoms with E-state index >= 15 is 0 Å². The van der Waals surface area contributed by atoms with E-state index in [2.05, 4.69) is 16.0 Å². The van der Waals surface area contributed by atoms with Gasteiger partial charge in [0.15, 0.2) is 0 Å². The first-order valence-electron chi connectivity index (χ1n) is 7.06. The largest absolute Gasteiger partial charge is 0.481 e. The molecule has 1 aliphatic rings. The minimum absolute atomic E-state index is 0.158. The first-order valence-corrected chi connectivity index (χ1v) is 7.06. The van der Waals surface area contributed by atoms with Gasteiger partial charge in [-0.15, -0.1) is 0 Å². The van der Waals surface area contributed by atoms with Gasteiger partial charge in [-0.1, -0.05) is 13.0 Å². The van der Waals surface area contributed by atoms with E-state index in [-0.39, 0.29) is 12.6 Å². The standard InChI is InChI=1S/C15H19N3O3/c1-2-6-18(14-10-21-9-12(14)15(19)20)8-11-4-3-5-17-13(11)7-16/h3-5,12,14H,2,6,8-10H2,1H3,(H,19,20). The van der Waals surface area contributed by atoms with Crippen LogP contribution >= 0.6 is 0 Å². The Labute approximate surface area is 124 Å². The number of pyridine rings is 1. The molecule has 0 aromatic carbocycles. The highest BCUT2D eigenvalue weighted by Gasteiger charge is 2.37. The van der Waals surface area contributed by atoms with Gasteiger partial charge in [-0.05, 0) is 19.0 Å². The van der Waals surface area contributed by atoms with Crippen molar-refractivity contribution in [1.29, 1.82) is 5.26 Å². The second kappa shape index (κ2) is 7.16. The number of aromatic nitrogens is 1. The first-order chi connectivity index (χ1) is 10.2. The average molecular weight is 289 g/mol. The van der Waals surface area contributed by atoms with Crippen molar-refractivity contribution in [2.24, 2.45) is 5.92 Å². The Balaban J connectivity index is 2.19. The summed E-state index contributed by atoms with van der Waals surface area (Å²) in [5.41, 5.74) is 1.22. The minimum Gasteiger partial charge on any atom is -0.481 e. The zero-order valence-corrected chi connectivity index (χ0v) is 12.0. The summed E-state index contributed by atoms with van der Waals surface area (Å²) < 4.78 is 5.35. The molecule has 2 heterocycles. The van der Waals surface area contributed by atoms with Gasteiger partial charge in [0.1, 0.15) is 11.8 Å². The first kappa shape index (κ1) is 15.4. The van der Waals surface area contributed by atoms with Crippen molar-refractivity contribution >= 4 is 5.97 Å². The maximum absolute atomic E-state index is 11.3. The predicted octanol–water partition coefficient (Wildman–Crippen LogP) is 1.26. The Morgan fingerprint density at radius 3 is 3.10 bits per heavy atom. The van der Waals surface area contributed by atoms with E-state index in [1.165, 1.54) is 0 Å². The highest BCUT2D eigenvalue weighted by molar-refractivity contribution is 5.71. The van der Waals surface area contributed by atoms with Crippen LogP contribution in [0.4, 0.5) is 0 Å². The molecule has 6 heteroatoms. The number of rotatable bonds is 6. The molecule has 0 saturated carbocycles. The lowest BCUT2D eigenvalue weighted by Crippen LogP contribution is -2.43. The SMILES string of the molecule is CCCN(Cc1cccnc1C#N)C1COCC1C(=O)O. The number of hydrogen-bond donors (Lipinski definition) is 1. The van der Waals surface area contributed by atoms with Gasteiger partial charge < -0.3 is 9.84 Å². The average Bonchev–Trinajstić information content (AvgIpc) is 2.97. The number of carboxylic acid groups (broad SMARTS) is 1. The number of carboxylic acids is 1. The topological polar surface area (TPSA) is 86.5 Å². The monoisotopic (exact) mass is 289 g/mol. The van der Waals surface area contributed by atoms with E-state index in [1.807, 2.05) is 13.0 Å². The molecule has 0 bridgehead atoms. The van der Waals surface area contributed by atoms with Crippen LogP contribution < -0.4 is 0 Å². The van der Waals surface area contributed by atoms with E-state index in [4.69, 9.17) is 10.00 Å². The van der Waals surface area contributed by atoms with Gasteiger partial charge in [-0.25, -0.2) is 4.98 Å². The fourth-order valence-electron chi connectivity index (χ4n) is 2.67. The number of nitrogens with zero attached hydrogens (tertiary/aromatic N) is 3. The van der Waals surface area contributed by atoms with Crippen molar-refractivity contribution in [2.75, 3.05) is 19.8 Å². The lowest BCUT2D eigenvalue weighted by atomic mass is 10.0. The van der Waals surface area contributed by atoms with Crippen molar-refractivity contribution in [3.8, 4) is 6.07 Å². The third-order valence-corrected chi connectivity index (χ3v) is 3.72. The molecule has 6 nitrogen and oxygen atoms in total. The summed E-state index contributed by atoms with van der Waals surface area (Å²) in [6.45, 7) is 3.99. The Morgan fingerprint density at radius 2 is 2.43 bits per heavy atom. The van der Waals surface area contributed by atoms with Crippen molar-refractivity contribution in [3.05, 3.63) is 29.6 Å². The van der Waals surface area contributed by atoms with Crippen LogP contribution in [0.3, 0.4) is 0 Å². The summed E-state index contributed by atoms with van der Waals surface area (Å²) in [5, 5.41) is 18.4. The second-order valence-electron chi connectivity index (χ2n) is 5.14.